The molecule has 0 aliphatic carbocycles. The van der Waals surface area contributed by atoms with Gasteiger partial charge < -0.3 is 20.3 Å². The Bertz CT molecular complexity index is 510. The number of nitrogens with zero attached hydrogens (tertiary/aromatic N) is 3. The van der Waals surface area contributed by atoms with Gasteiger partial charge in [-0.1, -0.05) is 11.3 Å². The molecule has 0 aromatic carbocycles. The van der Waals surface area contributed by atoms with E-state index in [4.69, 9.17) is 10.5 Å². The zero-order chi connectivity index (χ0) is 14.8. The summed E-state index contributed by atoms with van der Waals surface area (Å²) in [4.78, 5) is 21.5. The normalized spacial score (nSPS) is 22.5. The quantitative estimate of drug-likeness (QED) is 0.897. The van der Waals surface area contributed by atoms with Gasteiger partial charge in [0.15, 0.2) is 5.13 Å². The Kier molecular flexibility index (Phi) is 4.56. The smallest absolute Gasteiger partial charge is 0.267 e. The van der Waals surface area contributed by atoms with E-state index in [9.17, 15) is 4.79 Å². The van der Waals surface area contributed by atoms with Gasteiger partial charge in [-0.2, -0.15) is 11.8 Å². The Morgan fingerprint density at radius 2 is 2.24 bits per heavy atom. The maximum absolute atomic E-state index is 12.6. The zero-order valence-corrected chi connectivity index (χ0v) is 13.7. The van der Waals surface area contributed by atoms with Crippen LogP contribution in [-0.4, -0.2) is 66.7 Å². The molecule has 1 aromatic rings. The van der Waals surface area contributed by atoms with E-state index in [1.807, 2.05) is 23.7 Å². The summed E-state index contributed by atoms with van der Waals surface area (Å²) in [6.45, 7) is 3.00. The highest BCUT2D eigenvalue weighted by Crippen LogP contribution is 2.31. The molecule has 0 spiro atoms. The SMILES string of the molecule is CN(C(=O)c1sc(N2CCOCC2)nc1N)C1CCSC1. The molecule has 0 saturated carbocycles. The molecule has 2 N–H and O–H groups in total. The minimum atomic E-state index is -0.00277. The van der Waals surface area contributed by atoms with Crippen LogP contribution in [0.3, 0.4) is 0 Å². The number of amides is 1. The van der Waals surface area contributed by atoms with Crippen molar-refractivity contribution in [3.8, 4) is 0 Å². The topological polar surface area (TPSA) is 71.7 Å². The molecule has 6 nitrogen and oxygen atoms in total. The Morgan fingerprint density at radius 1 is 1.48 bits per heavy atom. The van der Waals surface area contributed by atoms with Crippen LogP contribution in [0.25, 0.3) is 0 Å². The minimum Gasteiger partial charge on any atom is -0.382 e. The predicted octanol–water partition coefficient (Wildman–Crippen LogP) is 1.14. The number of thioether (sulfide) groups is 1. The highest BCUT2D eigenvalue weighted by atomic mass is 32.2. The number of carbonyl (C=O) groups excluding carboxylic acids is 1. The van der Waals surface area contributed by atoms with Crippen LogP contribution in [0.4, 0.5) is 10.9 Å². The van der Waals surface area contributed by atoms with E-state index in [0.717, 1.165) is 36.1 Å². The molecular weight excluding hydrogens is 308 g/mol. The van der Waals surface area contributed by atoms with Crippen molar-refractivity contribution in [2.75, 3.05) is 55.5 Å². The Labute approximate surface area is 132 Å². The molecule has 2 fully saturated rings. The van der Waals surface area contributed by atoms with Crippen molar-refractivity contribution in [2.45, 2.75) is 12.5 Å². The first-order valence-electron chi connectivity index (χ1n) is 7.10. The van der Waals surface area contributed by atoms with Crippen LogP contribution in [0, 0.1) is 0 Å². The molecule has 8 heteroatoms. The van der Waals surface area contributed by atoms with Crippen LogP contribution in [0.1, 0.15) is 16.1 Å². The second-order valence-corrected chi connectivity index (χ2v) is 7.37. The molecule has 21 heavy (non-hydrogen) atoms. The molecule has 2 saturated heterocycles. The summed E-state index contributed by atoms with van der Waals surface area (Å²) < 4.78 is 5.34. The molecule has 0 bridgehead atoms. The Balaban J connectivity index is 1.75. The fraction of sp³-hybridized carbons (Fsp3) is 0.692. The molecule has 3 rings (SSSR count). The van der Waals surface area contributed by atoms with Gasteiger partial charge in [-0.25, -0.2) is 4.98 Å². The molecule has 0 radical (unpaired) electrons. The number of anilines is 2. The predicted molar refractivity (Wildman–Crippen MR) is 87.4 cm³/mol. The van der Waals surface area contributed by atoms with Crippen LogP contribution in [0.15, 0.2) is 0 Å². The minimum absolute atomic E-state index is 0.00277. The van der Waals surface area contributed by atoms with Crippen molar-refractivity contribution in [1.82, 2.24) is 9.88 Å². The number of thiazole rings is 1. The maximum Gasteiger partial charge on any atom is 0.267 e. The first kappa shape index (κ1) is 14.9. The maximum atomic E-state index is 12.6. The van der Waals surface area contributed by atoms with E-state index in [1.165, 1.54) is 11.3 Å². The van der Waals surface area contributed by atoms with Gasteiger partial charge in [0, 0.05) is 31.9 Å². The molecule has 1 unspecified atom stereocenters. The van der Waals surface area contributed by atoms with Crippen molar-refractivity contribution in [2.24, 2.45) is 0 Å². The fourth-order valence-electron chi connectivity index (χ4n) is 2.52. The highest BCUT2D eigenvalue weighted by Gasteiger charge is 2.28. The van der Waals surface area contributed by atoms with Crippen molar-refractivity contribution in [3.63, 3.8) is 0 Å². The molecule has 1 aromatic heterocycles. The van der Waals surface area contributed by atoms with Crippen molar-refractivity contribution in [1.29, 1.82) is 0 Å². The third-order valence-electron chi connectivity index (χ3n) is 3.89. The first-order valence-corrected chi connectivity index (χ1v) is 9.08. The number of nitrogen functional groups attached to an aromatic ring is 1. The third kappa shape index (κ3) is 3.12. The largest absolute Gasteiger partial charge is 0.382 e. The third-order valence-corrected chi connectivity index (χ3v) is 6.16. The lowest BCUT2D eigenvalue weighted by molar-refractivity contribution is 0.0753. The zero-order valence-electron chi connectivity index (χ0n) is 12.1. The lowest BCUT2D eigenvalue weighted by Crippen LogP contribution is -2.37. The number of hydrogen-bond acceptors (Lipinski definition) is 7. The summed E-state index contributed by atoms with van der Waals surface area (Å²) >= 11 is 3.29. The molecule has 116 valence electrons. The standard InChI is InChI=1S/C13H20N4O2S2/c1-16(9-2-7-20-8-9)12(18)10-11(14)15-13(21-10)17-3-5-19-6-4-17/h9H,2-8,14H2,1H3. The van der Waals surface area contributed by atoms with Gasteiger partial charge in [0.2, 0.25) is 0 Å². The number of morpholine rings is 1. The molecule has 1 atom stereocenters. The molecule has 1 amide bonds. The van der Waals surface area contributed by atoms with Gasteiger partial charge in [-0.15, -0.1) is 0 Å². The fourth-order valence-corrected chi connectivity index (χ4v) is 4.80. The number of ether oxygens (including phenoxy) is 1. The second kappa shape index (κ2) is 6.41. The van der Waals surface area contributed by atoms with E-state index < -0.39 is 0 Å². The second-order valence-electron chi connectivity index (χ2n) is 5.24. The number of aromatic nitrogens is 1. The molecule has 2 aliphatic heterocycles. The van der Waals surface area contributed by atoms with Gasteiger partial charge >= 0.3 is 0 Å². The van der Waals surface area contributed by atoms with Gasteiger partial charge in [0.05, 0.1) is 13.2 Å². The van der Waals surface area contributed by atoms with E-state index in [1.54, 1.807) is 0 Å². The van der Waals surface area contributed by atoms with Crippen LogP contribution in [0.2, 0.25) is 0 Å². The summed E-state index contributed by atoms with van der Waals surface area (Å²) in [7, 11) is 1.87. The van der Waals surface area contributed by atoms with Crippen LogP contribution < -0.4 is 10.6 Å². The van der Waals surface area contributed by atoms with Crippen molar-refractivity contribution >= 4 is 40.0 Å². The summed E-state index contributed by atoms with van der Waals surface area (Å²) in [5, 5.41) is 0.827. The monoisotopic (exact) mass is 328 g/mol. The van der Waals surface area contributed by atoms with E-state index >= 15 is 0 Å². The summed E-state index contributed by atoms with van der Waals surface area (Å²) in [6, 6.07) is 0.316. The summed E-state index contributed by atoms with van der Waals surface area (Å²) in [5.74, 6) is 2.48. The summed E-state index contributed by atoms with van der Waals surface area (Å²) in [5.41, 5.74) is 5.97. The van der Waals surface area contributed by atoms with Crippen molar-refractivity contribution in [3.05, 3.63) is 4.88 Å². The lowest BCUT2D eigenvalue weighted by atomic mass is 10.2. The van der Waals surface area contributed by atoms with Crippen LogP contribution in [-0.2, 0) is 4.74 Å². The van der Waals surface area contributed by atoms with Crippen LogP contribution >= 0.6 is 23.1 Å². The molecular formula is C13H20N4O2S2. The molecule has 3 heterocycles. The molecule has 2 aliphatic rings. The number of carbonyl (C=O) groups is 1. The van der Waals surface area contributed by atoms with Crippen molar-refractivity contribution < 1.29 is 9.53 Å². The number of hydrogen-bond donors (Lipinski definition) is 1. The van der Waals surface area contributed by atoms with E-state index in [0.29, 0.717) is 30.0 Å². The summed E-state index contributed by atoms with van der Waals surface area (Å²) in [6.07, 6.45) is 1.06. The Morgan fingerprint density at radius 3 is 2.90 bits per heavy atom. The number of nitrogens with two attached hydrogens (primary N) is 1. The average molecular weight is 328 g/mol. The first-order chi connectivity index (χ1) is 10.2. The van der Waals surface area contributed by atoms with E-state index in [2.05, 4.69) is 9.88 Å². The van der Waals surface area contributed by atoms with Crippen LogP contribution in [0.5, 0.6) is 0 Å². The number of rotatable bonds is 3. The Hall–Kier alpha value is -0.990. The average Bonchev–Trinajstić information content (AvgIpc) is 3.16. The highest BCUT2D eigenvalue weighted by molar-refractivity contribution is 7.99. The van der Waals surface area contributed by atoms with Gasteiger partial charge in [0.1, 0.15) is 10.7 Å². The van der Waals surface area contributed by atoms with Gasteiger partial charge in [0.25, 0.3) is 5.91 Å². The lowest BCUT2D eigenvalue weighted by Gasteiger charge is -2.26. The van der Waals surface area contributed by atoms with Gasteiger partial charge in [-0.3, -0.25) is 4.79 Å². The van der Waals surface area contributed by atoms with Gasteiger partial charge in [-0.05, 0) is 12.2 Å². The van der Waals surface area contributed by atoms with E-state index in [-0.39, 0.29) is 5.91 Å².